The Morgan fingerprint density at radius 1 is 0.958 bits per heavy atom. The van der Waals surface area contributed by atoms with Gasteiger partial charge in [0.1, 0.15) is 5.78 Å². The van der Waals surface area contributed by atoms with E-state index in [-0.39, 0.29) is 22.5 Å². The summed E-state index contributed by atoms with van der Waals surface area (Å²) in [5, 5.41) is 0. The number of rotatable bonds is 0. The summed E-state index contributed by atoms with van der Waals surface area (Å²) in [4.78, 5) is 13.1. The van der Waals surface area contributed by atoms with Gasteiger partial charge in [-0.1, -0.05) is 27.7 Å². The minimum atomic E-state index is -0.331. The van der Waals surface area contributed by atoms with Crippen LogP contribution in [0.15, 0.2) is 0 Å². The van der Waals surface area contributed by atoms with Crippen molar-refractivity contribution in [3.8, 4) is 0 Å². The van der Waals surface area contributed by atoms with Gasteiger partial charge in [-0.25, -0.2) is 0 Å². The van der Waals surface area contributed by atoms with Gasteiger partial charge in [0.2, 0.25) is 0 Å². The van der Waals surface area contributed by atoms with Crippen molar-refractivity contribution in [3.05, 3.63) is 0 Å². The molecule has 0 aromatic rings. The van der Waals surface area contributed by atoms with Crippen molar-refractivity contribution in [2.24, 2.45) is 34.5 Å². The third kappa shape index (κ3) is 2.26. The summed E-state index contributed by atoms with van der Waals surface area (Å²) in [5.74, 6) is 2.30. The maximum atomic E-state index is 13.1. The monoisotopic (exact) mass is 334 g/mol. The van der Waals surface area contributed by atoms with E-state index in [0.717, 1.165) is 45.3 Å². The number of hydrogen-bond donors (Lipinski definition) is 0. The summed E-state index contributed by atoms with van der Waals surface area (Å²) in [5.41, 5.74) is 0.151. The first-order valence-electron chi connectivity index (χ1n) is 10.1. The van der Waals surface area contributed by atoms with E-state index in [2.05, 4.69) is 27.7 Å². The molecular weight excluding hydrogens is 300 g/mol. The van der Waals surface area contributed by atoms with E-state index in [1.165, 1.54) is 12.8 Å². The smallest absolute Gasteiger partial charge is 0.168 e. The maximum absolute atomic E-state index is 13.1. The molecule has 0 radical (unpaired) electrons. The maximum Gasteiger partial charge on any atom is 0.168 e. The fraction of sp³-hybridized carbons (Fsp3) is 0.952. The van der Waals surface area contributed by atoms with E-state index >= 15 is 0 Å². The molecule has 0 amide bonds. The van der Waals surface area contributed by atoms with E-state index in [1.807, 2.05) is 0 Å². The molecule has 1 saturated heterocycles. The second kappa shape index (κ2) is 5.54. The van der Waals surface area contributed by atoms with Crippen LogP contribution in [-0.2, 0) is 14.3 Å². The summed E-state index contributed by atoms with van der Waals surface area (Å²) in [6.07, 6.45) is 7.75. The van der Waals surface area contributed by atoms with Crippen molar-refractivity contribution in [1.82, 2.24) is 0 Å². The van der Waals surface area contributed by atoms with E-state index in [1.54, 1.807) is 0 Å². The van der Waals surface area contributed by atoms with Crippen molar-refractivity contribution in [1.29, 1.82) is 0 Å². The van der Waals surface area contributed by atoms with Crippen LogP contribution in [0.25, 0.3) is 0 Å². The van der Waals surface area contributed by atoms with Crippen LogP contribution in [0.5, 0.6) is 0 Å². The number of Topliss-reactive ketones (excluding diaryl/α,β-unsaturated/α-hetero) is 1. The van der Waals surface area contributed by atoms with E-state index < -0.39 is 0 Å². The van der Waals surface area contributed by atoms with Gasteiger partial charge >= 0.3 is 0 Å². The average Bonchev–Trinajstić information content (AvgIpc) is 2.95. The number of carbonyl (C=O) groups excluding carboxylic acids is 1. The zero-order valence-electron chi connectivity index (χ0n) is 15.9. The predicted octanol–water partition coefficient (Wildman–Crippen LogP) is 4.59. The van der Waals surface area contributed by atoms with E-state index in [0.29, 0.717) is 23.5 Å². The molecule has 0 N–H and O–H groups in total. The van der Waals surface area contributed by atoms with Gasteiger partial charge in [0.15, 0.2) is 5.79 Å². The summed E-state index contributed by atoms with van der Waals surface area (Å²) >= 11 is 0. The first kappa shape index (κ1) is 17.0. The van der Waals surface area contributed by atoms with Crippen molar-refractivity contribution in [3.63, 3.8) is 0 Å². The number of carbonyl (C=O) groups is 1. The third-order valence-electron chi connectivity index (χ3n) is 8.46. The Bertz CT molecular complexity index is 523. The second-order valence-electron chi connectivity index (χ2n) is 9.75. The normalized spacial score (nSPS) is 51.1. The van der Waals surface area contributed by atoms with Crippen LogP contribution in [0.3, 0.4) is 0 Å². The van der Waals surface area contributed by atoms with E-state index in [9.17, 15) is 4.79 Å². The zero-order chi connectivity index (χ0) is 17.2. The van der Waals surface area contributed by atoms with Crippen LogP contribution in [0.4, 0.5) is 0 Å². The molecular formula is C21H34O3. The van der Waals surface area contributed by atoms with Crippen LogP contribution in [-0.4, -0.2) is 24.8 Å². The van der Waals surface area contributed by atoms with Gasteiger partial charge in [0.05, 0.1) is 13.2 Å². The van der Waals surface area contributed by atoms with E-state index in [4.69, 9.17) is 9.47 Å². The fourth-order valence-corrected chi connectivity index (χ4v) is 7.25. The highest BCUT2D eigenvalue weighted by Crippen LogP contribution is 2.64. The predicted molar refractivity (Wildman–Crippen MR) is 93.5 cm³/mol. The molecule has 24 heavy (non-hydrogen) atoms. The standard InChI is InChI=1S/C21H34O3/c1-14-5-6-17-19(3)9-10-21(23-11-12-24-21)13-15(2)16(19)7-8-20(17,4)18(14)22/h14-17H,5-13H2,1-4H3/t14-,15+,16-,17+,19-,20+/m0/s1. The van der Waals surface area contributed by atoms with Gasteiger partial charge in [-0.15, -0.1) is 0 Å². The molecule has 3 aliphatic carbocycles. The Morgan fingerprint density at radius 3 is 2.38 bits per heavy atom. The summed E-state index contributed by atoms with van der Waals surface area (Å²) in [6.45, 7) is 10.8. The average molecular weight is 335 g/mol. The SMILES string of the molecule is C[C@@H]1CC2(CC[C@]3(C)[C@H]4CC[C@H](C)C(=O)[C@]4(C)CC[C@@H]13)OCCO2. The molecule has 136 valence electrons. The molecule has 6 atom stereocenters. The quantitative estimate of drug-likeness (QED) is 0.650. The van der Waals surface area contributed by atoms with Gasteiger partial charge < -0.3 is 9.47 Å². The lowest BCUT2D eigenvalue weighted by Crippen LogP contribution is -2.56. The summed E-state index contributed by atoms with van der Waals surface area (Å²) < 4.78 is 12.2. The Morgan fingerprint density at radius 2 is 1.67 bits per heavy atom. The molecule has 0 unspecified atom stereocenters. The number of fused-ring (bicyclic) bond motifs is 3. The Balaban J connectivity index is 1.68. The molecule has 3 heteroatoms. The molecule has 0 bridgehead atoms. The summed E-state index contributed by atoms with van der Waals surface area (Å²) in [7, 11) is 0. The topological polar surface area (TPSA) is 35.5 Å². The molecule has 1 spiro atoms. The molecule has 3 nitrogen and oxygen atoms in total. The van der Waals surface area contributed by atoms with Crippen LogP contribution >= 0.6 is 0 Å². The molecule has 3 saturated carbocycles. The Labute approximate surface area is 146 Å². The van der Waals surface area contributed by atoms with Gasteiger partial charge in [-0.3, -0.25) is 4.79 Å². The highest BCUT2D eigenvalue weighted by atomic mass is 16.7. The van der Waals surface area contributed by atoms with Crippen LogP contribution < -0.4 is 0 Å². The zero-order valence-corrected chi connectivity index (χ0v) is 15.9. The molecule has 4 aliphatic rings. The second-order valence-corrected chi connectivity index (χ2v) is 9.75. The molecule has 1 aliphatic heterocycles. The highest BCUT2D eigenvalue weighted by molar-refractivity contribution is 5.87. The van der Waals surface area contributed by atoms with Crippen molar-refractivity contribution in [2.75, 3.05) is 13.2 Å². The minimum Gasteiger partial charge on any atom is -0.348 e. The molecule has 4 fully saturated rings. The molecule has 0 aromatic heterocycles. The molecule has 0 aromatic carbocycles. The lowest BCUT2D eigenvalue weighted by molar-refractivity contribution is -0.172. The van der Waals surface area contributed by atoms with Crippen molar-refractivity contribution >= 4 is 5.78 Å². The fourth-order valence-electron chi connectivity index (χ4n) is 7.25. The van der Waals surface area contributed by atoms with Crippen LogP contribution in [0, 0.1) is 34.5 Å². The van der Waals surface area contributed by atoms with Crippen molar-refractivity contribution < 1.29 is 14.3 Å². The van der Waals surface area contributed by atoms with Gasteiger partial charge in [0.25, 0.3) is 0 Å². The lowest BCUT2D eigenvalue weighted by Gasteiger charge is -2.59. The molecule has 1 heterocycles. The Hall–Kier alpha value is -0.410. The summed E-state index contributed by atoms with van der Waals surface area (Å²) in [6, 6.07) is 0. The van der Waals surface area contributed by atoms with Gasteiger partial charge in [-0.05, 0) is 55.3 Å². The largest absolute Gasteiger partial charge is 0.348 e. The third-order valence-corrected chi connectivity index (χ3v) is 8.46. The number of hydrogen-bond acceptors (Lipinski definition) is 3. The van der Waals surface area contributed by atoms with Crippen LogP contribution in [0.2, 0.25) is 0 Å². The molecule has 4 rings (SSSR count). The van der Waals surface area contributed by atoms with Crippen molar-refractivity contribution in [2.45, 2.75) is 78.4 Å². The Kier molecular flexibility index (Phi) is 3.93. The van der Waals surface area contributed by atoms with Crippen LogP contribution in [0.1, 0.15) is 72.6 Å². The first-order valence-corrected chi connectivity index (χ1v) is 10.1. The highest BCUT2D eigenvalue weighted by Gasteiger charge is 2.61. The number of ether oxygens (including phenoxy) is 2. The van der Waals surface area contributed by atoms with Gasteiger partial charge in [-0.2, -0.15) is 0 Å². The first-order chi connectivity index (χ1) is 11.3. The minimum absolute atomic E-state index is 0.0997. The van der Waals surface area contributed by atoms with Gasteiger partial charge in [0, 0.05) is 24.2 Å². The number of ketones is 1. The lowest BCUT2D eigenvalue weighted by atomic mass is 9.44.